The summed E-state index contributed by atoms with van der Waals surface area (Å²) in [5.41, 5.74) is -0.0533. The predicted octanol–water partition coefficient (Wildman–Crippen LogP) is 2.08. The van der Waals surface area contributed by atoms with Crippen LogP contribution in [0.3, 0.4) is 0 Å². The third-order valence-electron chi connectivity index (χ3n) is 2.97. The maximum atomic E-state index is 13.5. The average molecular weight is 316 g/mol. The summed E-state index contributed by atoms with van der Waals surface area (Å²) < 4.78 is 54.5. The van der Waals surface area contributed by atoms with E-state index in [4.69, 9.17) is 5.11 Å². The Balaban J connectivity index is 2.38. The highest BCUT2D eigenvalue weighted by molar-refractivity contribution is 7.92. The van der Waals surface area contributed by atoms with E-state index < -0.39 is 27.3 Å². The number of halogens is 2. The zero-order valence-corrected chi connectivity index (χ0v) is 12.0. The standard InChI is InChI=1S/C13H14F2N2O3S/c1-2-17-7-10(6-9(17)8-18)21(19,20)16-12-5-3-4-11(14)13(12)15/h3-7,16,18H,2,8H2,1H3. The Hall–Kier alpha value is -1.93. The van der Waals surface area contributed by atoms with E-state index in [1.165, 1.54) is 18.3 Å². The average Bonchev–Trinajstić information content (AvgIpc) is 2.88. The van der Waals surface area contributed by atoms with Gasteiger partial charge in [0, 0.05) is 18.4 Å². The molecule has 2 aromatic rings. The van der Waals surface area contributed by atoms with E-state index in [9.17, 15) is 17.2 Å². The van der Waals surface area contributed by atoms with Gasteiger partial charge in [0.2, 0.25) is 0 Å². The van der Waals surface area contributed by atoms with Crippen LogP contribution >= 0.6 is 0 Å². The summed E-state index contributed by atoms with van der Waals surface area (Å²) in [5.74, 6) is -2.41. The fourth-order valence-electron chi connectivity index (χ4n) is 1.89. The van der Waals surface area contributed by atoms with Crippen LogP contribution in [0.2, 0.25) is 0 Å². The molecule has 0 aliphatic carbocycles. The molecule has 2 rings (SSSR count). The van der Waals surface area contributed by atoms with E-state index in [0.717, 1.165) is 12.1 Å². The van der Waals surface area contributed by atoms with Crippen molar-refractivity contribution in [2.75, 3.05) is 4.72 Å². The first-order chi connectivity index (χ1) is 9.89. The Morgan fingerprint density at radius 2 is 2.05 bits per heavy atom. The van der Waals surface area contributed by atoms with E-state index in [2.05, 4.69) is 0 Å². The van der Waals surface area contributed by atoms with E-state index in [-0.39, 0.29) is 11.5 Å². The monoisotopic (exact) mass is 316 g/mol. The van der Waals surface area contributed by atoms with E-state index in [1.807, 2.05) is 4.72 Å². The molecule has 0 amide bonds. The second-order valence-corrected chi connectivity index (χ2v) is 6.00. The Kier molecular flexibility index (Phi) is 4.29. The molecular weight excluding hydrogens is 302 g/mol. The molecule has 0 radical (unpaired) electrons. The van der Waals surface area contributed by atoms with Crippen molar-refractivity contribution in [1.82, 2.24) is 4.57 Å². The van der Waals surface area contributed by atoms with Crippen LogP contribution in [-0.4, -0.2) is 18.1 Å². The zero-order chi connectivity index (χ0) is 15.6. The van der Waals surface area contributed by atoms with Crippen LogP contribution in [0.25, 0.3) is 0 Å². The van der Waals surface area contributed by atoms with Crippen molar-refractivity contribution in [3.63, 3.8) is 0 Å². The maximum Gasteiger partial charge on any atom is 0.263 e. The molecule has 21 heavy (non-hydrogen) atoms. The molecule has 114 valence electrons. The number of aryl methyl sites for hydroxylation is 1. The lowest BCUT2D eigenvalue weighted by Crippen LogP contribution is -2.13. The lowest BCUT2D eigenvalue weighted by molar-refractivity contribution is 0.271. The number of benzene rings is 1. The highest BCUT2D eigenvalue weighted by atomic mass is 32.2. The van der Waals surface area contributed by atoms with E-state index >= 15 is 0 Å². The molecule has 0 saturated heterocycles. The topological polar surface area (TPSA) is 71.3 Å². The highest BCUT2D eigenvalue weighted by Crippen LogP contribution is 2.22. The largest absolute Gasteiger partial charge is 0.390 e. The minimum atomic E-state index is -4.06. The van der Waals surface area contributed by atoms with Gasteiger partial charge in [0.15, 0.2) is 11.6 Å². The molecular formula is C13H14F2N2O3S. The van der Waals surface area contributed by atoms with Gasteiger partial charge < -0.3 is 9.67 Å². The summed E-state index contributed by atoms with van der Waals surface area (Å²) in [6.45, 7) is 1.94. The van der Waals surface area contributed by atoms with Crippen molar-refractivity contribution >= 4 is 15.7 Å². The molecule has 0 unspecified atom stereocenters. The third-order valence-corrected chi connectivity index (χ3v) is 4.30. The van der Waals surface area contributed by atoms with Crippen molar-refractivity contribution < 1.29 is 22.3 Å². The van der Waals surface area contributed by atoms with Gasteiger partial charge in [-0.2, -0.15) is 0 Å². The lowest BCUT2D eigenvalue weighted by Gasteiger charge is -2.07. The van der Waals surface area contributed by atoms with Crippen LogP contribution in [0, 0.1) is 11.6 Å². The Morgan fingerprint density at radius 3 is 2.62 bits per heavy atom. The molecule has 1 heterocycles. The molecule has 0 aliphatic rings. The van der Waals surface area contributed by atoms with Gasteiger partial charge in [-0.1, -0.05) is 6.07 Å². The fraction of sp³-hybridized carbons (Fsp3) is 0.231. The molecule has 0 aliphatic heterocycles. The van der Waals surface area contributed by atoms with E-state index in [1.54, 1.807) is 11.5 Å². The van der Waals surface area contributed by atoms with Crippen LogP contribution in [0.15, 0.2) is 35.4 Å². The summed E-state index contributed by atoms with van der Waals surface area (Å²) in [7, 11) is -4.06. The van der Waals surface area contributed by atoms with Gasteiger partial charge in [-0.25, -0.2) is 17.2 Å². The van der Waals surface area contributed by atoms with Crippen LogP contribution < -0.4 is 4.72 Å². The first kappa shape index (κ1) is 15.5. The molecule has 0 fully saturated rings. The summed E-state index contributed by atoms with van der Waals surface area (Å²) in [4.78, 5) is -0.128. The summed E-state index contributed by atoms with van der Waals surface area (Å²) in [6, 6.07) is 4.50. The Bertz CT molecular complexity index is 735. The molecule has 0 spiro atoms. The van der Waals surface area contributed by atoms with Crippen molar-refractivity contribution in [3.8, 4) is 0 Å². The number of aliphatic hydroxyl groups excluding tert-OH is 1. The van der Waals surface area contributed by atoms with Crippen molar-refractivity contribution in [2.45, 2.75) is 25.0 Å². The number of sulfonamides is 1. The number of nitrogens with one attached hydrogen (secondary N) is 1. The van der Waals surface area contributed by atoms with Gasteiger partial charge in [-0.05, 0) is 25.1 Å². The van der Waals surface area contributed by atoms with Crippen LogP contribution in [0.4, 0.5) is 14.5 Å². The highest BCUT2D eigenvalue weighted by Gasteiger charge is 2.20. The number of nitrogens with zero attached hydrogens (tertiary/aromatic N) is 1. The first-order valence-electron chi connectivity index (χ1n) is 6.15. The second kappa shape index (κ2) is 5.82. The molecule has 2 N–H and O–H groups in total. The number of aliphatic hydroxyl groups is 1. The molecule has 0 atom stereocenters. The molecule has 5 nitrogen and oxygen atoms in total. The number of rotatable bonds is 5. The van der Waals surface area contributed by atoms with Gasteiger partial charge in [-0.15, -0.1) is 0 Å². The summed E-state index contributed by atoms with van der Waals surface area (Å²) >= 11 is 0. The SMILES string of the molecule is CCn1cc(S(=O)(=O)Nc2cccc(F)c2F)cc1CO. The predicted molar refractivity (Wildman–Crippen MR) is 73.2 cm³/mol. The summed E-state index contributed by atoms with van der Waals surface area (Å²) in [5, 5.41) is 9.15. The molecule has 1 aromatic heterocycles. The van der Waals surface area contributed by atoms with Gasteiger partial charge >= 0.3 is 0 Å². The van der Waals surface area contributed by atoms with E-state index in [0.29, 0.717) is 12.2 Å². The van der Waals surface area contributed by atoms with Crippen molar-refractivity contribution in [1.29, 1.82) is 0 Å². The number of anilines is 1. The van der Waals surface area contributed by atoms with Crippen LogP contribution in [0.1, 0.15) is 12.6 Å². The number of hydrogen-bond acceptors (Lipinski definition) is 3. The molecule has 0 bridgehead atoms. The smallest absolute Gasteiger partial charge is 0.263 e. The molecule has 1 aromatic carbocycles. The minimum Gasteiger partial charge on any atom is -0.390 e. The van der Waals surface area contributed by atoms with Crippen molar-refractivity contribution in [3.05, 3.63) is 47.8 Å². The van der Waals surface area contributed by atoms with Crippen LogP contribution in [-0.2, 0) is 23.2 Å². The van der Waals surface area contributed by atoms with Gasteiger partial charge in [0.25, 0.3) is 10.0 Å². The molecule has 0 saturated carbocycles. The second-order valence-electron chi connectivity index (χ2n) is 4.32. The first-order valence-corrected chi connectivity index (χ1v) is 7.64. The summed E-state index contributed by atoms with van der Waals surface area (Å²) in [6.07, 6.45) is 1.32. The number of hydrogen-bond donors (Lipinski definition) is 2. The molecule has 8 heteroatoms. The Morgan fingerprint density at radius 1 is 1.33 bits per heavy atom. The Labute approximate surface area is 120 Å². The van der Waals surface area contributed by atoms with Gasteiger partial charge in [0.05, 0.1) is 12.3 Å². The van der Waals surface area contributed by atoms with Crippen molar-refractivity contribution in [2.24, 2.45) is 0 Å². The minimum absolute atomic E-state index is 0.128. The quantitative estimate of drug-likeness (QED) is 0.887. The van der Waals surface area contributed by atoms with Crippen LogP contribution in [0.5, 0.6) is 0 Å². The van der Waals surface area contributed by atoms with Gasteiger partial charge in [0.1, 0.15) is 4.90 Å². The normalized spacial score (nSPS) is 11.6. The lowest BCUT2D eigenvalue weighted by atomic mass is 10.3. The third kappa shape index (κ3) is 3.06. The van der Waals surface area contributed by atoms with Gasteiger partial charge in [-0.3, -0.25) is 4.72 Å². The fourth-order valence-corrected chi connectivity index (χ4v) is 3.01. The maximum absolute atomic E-state index is 13.5. The number of aromatic nitrogens is 1. The zero-order valence-electron chi connectivity index (χ0n) is 11.2.